The van der Waals surface area contributed by atoms with Crippen molar-refractivity contribution in [2.75, 3.05) is 0 Å². The van der Waals surface area contributed by atoms with E-state index in [2.05, 4.69) is 6.58 Å². The van der Waals surface area contributed by atoms with Crippen LogP contribution in [0.15, 0.2) is 52.3 Å². The smallest absolute Gasteiger partial charge is 0.263 e. The van der Waals surface area contributed by atoms with Gasteiger partial charge >= 0.3 is 0 Å². The minimum absolute atomic E-state index is 0.0625. The molecule has 2 aromatic heterocycles. The van der Waals surface area contributed by atoms with Gasteiger partial charge in [-0.05, 0) is 25.3 Å². The van der Waals surface area contributed by atoms with Crippen LogP contribution in [0, 0.1) is 6.92 Å². The van der Waals surface area contributed by atoms with E-state index in [4.69, 9.17) is 4.98 Å². The number of nitrogens with zero attached hydrogens (tertiary/aromatic N) is 2. The molecule has 0 amide bonds. The maximum absolute atomic E-state index is 13.4. The average molecular weight is 411 g/mol. The van der Waals surface area contributed by atoms with E-state index in [-0.39, 0.29) is 16.6 Å². The number of allylic oxidation sites excluding steroid dienone is 1. The van der Waals surface area contributed by atoms with Gasteiger partial charge in [0.2, 0.25) is 0 Å². The summed E-state index contributed by atoms with van der Waals surface area (Å²) in [7, 11) is 0. The third-order valence-corrected chi connectivity index (χ3v) is 7.26. The quantitative estimate of drug-likeness (QED) is 0.427. The maximum Gasteiger partial charge on any atom is 0.263 e. The Morgan fingerprint density at radius 3 is 2.79 bits per heavy atom. The molecule has 2 heterocycles. The molecule has 4 nitrogen and oxygen atoms in total. The Bertz CT molecular complexity index is 1100. The normalized spacial score (nSPS) is 17.2. The van der Waals surface area contributed by atoms with Crippen molar-refractivity contribution in [3.8, 4) is 11.1 Å². The second-order valence-corrected chi connectivity index (χ2v) is 9.14. The fourth-order valence-corrected chi connectivity index (χ4v) is 5.75. The van der Waals surface area contributed by atoms with Crippen molar-refractivity contribution in [1.29, 1.82) is 0 Å². The lowest BCUT2D eigenvalue weighted by atomic mass is 9.99. The number of aromatic nitrogens is 2. The molecule has 6 heteroatoms. The van der Waals surface area contributed by atoms with E-state index in [0.29, 0.717) is 23.5 Å². The molecule has 1 saturated carbocycles. The fourth-order valence-electron chi connectivity index (χ4n) is 3.53. The minimum Gasteiger partial charge on any atom is -0.298 e. The molecule has 144 valence electrons. The highest BCUT2D eigenvalue weighted by molar-refractivity contribution is 8.00. The zero-order chi connectivity index (χ0) is 19.7. The first-order valence-electron chi connectivity index (χ1n) is 9.48. The molecule has 0 aliphatic heterocycles. The van der Waals surface area contributed by atoms with E-state index in [1.807, 2.05) is 36.6 Å². The van der Waals surface area contributed by atoms with Gasteiger partial charge in [0.05, 0.1) is 10.6 Å². The van der Waals surface area contributed by atoms with Gasteiger partial charge in [0.15, 0.2) is 5.16 Å². The van der Waals surface area contributed by atoms with Gasteiger partial charge in [-0.3, -0.25) is 14.2 Å². The topological polar surface area (TPSA) is 52.0 Å². The first kappa shape index (κ1) is 19.2. The molecule has 1 aromatic carbocycles. The highest BCUT2D eigenvalue weighted by Crippen LogP contribution is 2.35. The summed E-state index contributed by atoms with van der Waals surface area (Å²) in [4.78, 5) is 31.2. The molecular formula is C22H22N2O2S2. The number of Topliss-reactive ketones (excluding diaryl/α,β-unsaturated/α-hetero) is 1. The standard InChI is InChI=1S/C22H22N2O2S2/c1-3-12-24-21(26)19-16(15-10-8-14(2)9-11-15)13-27-20(19)23-22(24)28-18-7-5-4-6-17(18)25/h3,8-11,13,18H,1,4-7,12H2,2H3. The number of fused-ring (bicyclic) bond motifs is 1. The lowest BCUT2D eigenvalue weighted by molar-refractivity contribution is -0.119. The number of hydrogen-bond acceptors (Lipinski definition) is 5. The van der Waals surface area contributed by atoms with Gasteiger partial charge in [-0.2, -0.15) is 0 Å². The molecule has 0 spiro atoms. The molecule has 1 aliphatic rings. The second kappa shape index (κ2) is 8.05. The van der Waals surface area contributed by atoms with Crippen LogP contribution in [0.5, 0.6) is 0 Å². The first-order chi connectivity index (χ1) is 13.6. The fraction of sp³-hybridized carbons (Fsp3) is 0.318. The molecule has 0 bridgehead atoms. The predicted molar refractivity (Wildman–Crippen MR) is 117 cm³/mol. The third kappa shape index (κ3) is 3.59. The summed E-state index contributed by atoms with van der Waals surface area (Å²) < 4.78 is 1.66. The van der Waals surface area contributed by atoms with Crippen molar-refractivity contribution in [2.45, 2.75) is 49.6 Å². The Kier molecular flexibility index (Phi) is 5.51. The van der Waals surface area contributed by atoms with Crippen LogP contribution in [0.2, 0.25) is 0 Å². The Hall–Kier alpha value is -2.18. The lowest BCUT2D eigenvalue weighted by Gasteiger charge is -2.20. The lowest BCUT2D eigenvalue weighted by Crippen LogP contribution is -2.26. The van der Waals surface area contributed by atoms with Gasteiger partial charge < -0.3 is 0 Å². The van der Waals surface area contributed by atoms with Gasteiger partial charge in [0.25, 0.3) is 5.56 Å². The van der Waals surface area contributed by atoms with Crippen molar-refractivity contribution >= 4 is 39.1 Å². The number of thioether (sulfide) groups is 1. The molecule has 1 unspecified atom stereocenters. The first-order valence-corrected chi connectivity index (χ1v) is 11.2. The largest absolute Gasteiger partial charge is 0.298 e. The molecule has 0 radical (unpaired) electrons. The molecular weight excluding hydrogens is 388 g/mol. The highest BCUT2D eigenvalue weighted by Gasteiger charge is 2.26. The SMILES string of the molecule is C=CCn1c(SC2CCCCC2=O)nc2scc(-c3ccc(C)cc3)c2c1=O. The van der Waals surface area contributed by atoms with Crippen LogP contribution in [0.4, 0.5) is 0 Å². The van der Waals surface area contributed by atoms with Gasteiger partial charge in [-0.15, -0.1) is 17.9 Å². The molecule has 1 aliphatic carbocycles. The van der Waals surface area contributed by atoms with Gasteiger partial charge in [-0.25, -0.2) is 4.98 Å². The number of ketones is 1. The van der Waals surface area contributed by atoms with Gasteiger partial charge in [0, 0.05) is 23.9 Å². The van der Waals surface area contributed by atoms with E-state index in [1.54, 1.807) is 10.6 Å². The molecule has 3 aromatic rings. The Labute approximate surface area is 172 Å². The number of rotatable bonds is 5. The number of aryl methyl sites for hydroxylation is 1. The zero-order valence-electron chi connectivity index (χ0n) is 15.8. The second-order valence-electron chi connectivity index (χ2n) is 7.11. The predicted octanol–water partition coefficient (Wildman–Crippen LogP) is 5.22. The van der Waals surface area contributed by atoms with Crippen molar-refractivity contribution < 1.29 is 4.79 Å². The molecule has 1 atom stereocenters. The zero-order valence-corrected chi connectivity index (χ0v) is 17.4. The van der Waals surface area contributed by atoms with Gasteiger partial charge in [0.1, 0.15) is 10.6 Å². The van der Waals surface area contributed by atoms with Crippen LogP contribution in [-0.4, -0.2) is 20.6 Å². The van der Waals surface area contributed by atoms with E-state index < -0.39 is 0 Å². The van der Waals surface area contributed by atoms with E-state index in [9.17, 15) is 9.59 Å². The van der Waals surface area contributed by atoms with Crippen molar-refractivity contribution in [2.24, 2.45) is 0 Å². The summed E-state index contributed by atoms with van der Waals surface area (Å²) in [5.41, 5.74) is 3.05. The monoisotopic (exact) mass is 410 g/mol. The van der Waals surface area contributed by atoms with Crippen molar-refractivity contribution in [3.05, 3.63) is 58.2 Å². The van der Waals surface area contributed by atoms with E-state index in [0.717, 1.165) is 35.2 Å². The van der Waals surface area contributed by atoms with Gasteiger partial charge in [-0.1, -0.05) is 54.1 Å². The number of thiophene rings is 1. The molecule has 4 rings (SSSR count). The van der Waals surface area contributed by atoms with Crippen molar-refractivity contribution in [1.82, 2.24) is 9.55 Å². The Balaban J connectivity index is 1.82. The number of hydrogen-bond donors (Lipinski definition) is 0. The molecule has 28 heavy (non-hydrogen) atoms. The molecule has 1 fully saturated rings. The summed E-state index contributed by atoms with van der Waals surface area (Å²) in [5, 5.41) is 3.16. The number of carbonyl (C=O) groups excluding carboxylic acids is 1. The molecule has 0 saturated heterocycles. The van der Waals surface area contributed by atoms with Crippen LogP contribution in [0.3, 0.4) is 0 Å². The minimum atomic E-state index is -0.106. The summed E-state index contributed by atoms with van der Waals surface area (Å²) in [5.74, 6) is 0.266. The third-order valence-electron chi connectivity index (χ3n) is 5.08. The molecule has 0 N–H and O–H groups in total. The summed E-state index contributed by atoms with van der Waals surface area (Å²) in [6.07, 6.45) is 5.20. The van der Waals surface area contributed by atoms with E-state index >= 15 is 0 Å². The van der Waals surface area contributed by atoms with E-state index in [1.165, 1.54) is 28.7 Å². The summed E-state index contributed by atoms with van der Waals surface area (Å²) >= 11 is 2.92. The summed E-state index contributed by atoms with van der Waals surface area (Å²) in [6.45, 7) is 6.23. The number of carbonyl (C=O) groups is 1. The summed E-state index contributed by atoms with van der Waals surface area (Å²) in [6, 6.07) is 8.18. The van der Waals surface area contributed by atoms with Crippen LogP contribution in [-0.2, 0) is 11.3 Å². The van der Waals surface area contributed by atoms with Crippen LogP contribution < -0.4 is 5.56 Å². The Morgan fingerprint density at radius 1 is 1.29 bits per heavy atom. The Morgan fingerprint density at radius 2 is 2.07 bits per heavy atom. The van der Waals surface area contributed by atoms with Crippen LogP contribution in [0.1, 0.15) is 31.2 Å². The number of benzene rings is 1. The van der Waals surface area contributed by atoms with Crippen molar-refractivity contribution in [3.63, 3.8) is 0 Å². The van der Waals surface area contributed by atoms with Crippen LogP contribution in [0.25, 0.3) is 21.3 Å². The van der Waals surface area contributed by atoms with Crippen LogP contribution >= 0.6 is 23.1 Å². The maximum atomic E-state index is 13.4. The highest BCUT2D eigenvalue weighted by atomic mass is 32.2. The average Bonchev–Trinajstić information content (AvgIpc) is 3.11.